The molecule has 1 heterocycles. The van der Waals surface area contributed by atoms with E-state index in [-0.39, 0.29) is 35.3 Å². The standard InChI is InChI=1S/C17H13Cl2N3O4/c18-11-1-3-12(4-2-11)21-9-10(7-16(21)23)17(24)20-15-8-13(22(25)26)5-6-14(15)19/h1-6,8,10H,7,9H2,(H,20,24). The third kappa shape index (κ3) is 3.79. The monoisotopic (exact) mass is 393 g/mol. The van der Waals surface area contributed by atoms with Crippen LogP contribution >= 0.6 is 23.2 Å². The molecule has 2 aromatic rings. The number of carbonyl (C=O) groups is 2. The number of nitro groups is 1. The summed E-state index contributed by atoms with van der Waals surface area (Å²) in [5, 5.41) is 14.2. The Morgan fingerprint density at radius 3 is 2.54 bits per heavy atom. The maximum atomic E-state index is 12.5. The number of non-ortho nitro benzene ring substituents is 1. The summed E-state index contributed by atoms with van der Waals surface area (Å²) in [7, 11) is 0. The molecule has 2 amide bonds. The van der Waals surface area contributed by atoms with Gasteiger partial charge in [0.2, 0.25) is 11.8 Å². The topological polar surface area (TPSA) is 92.5 Å². The van der Waals surface area contributed by atoms with Crippen LogP contribution < -0.4 is 10.2 Å². The van der Waals surface area contributed by atoms with Gasteiger partial charge in [0, 0.05) is 35.8 Å². The Kier molecular flexibility index (Phi) is 5.11. The van der Waals surface area contributed by atoms with Gasteiger partial charge in [-0.1, -0.05) is 23.2 Å². The van der Waals surface area contributed by atoms with Crippen molar-refractivity contribution in [2.45, 2.75) is 6.42 Å². The molecule has 0 aliphatic carbocycles. The van der Waals surface area contributed by atoms with Gasteiger partial charge in [-0.25, -0.2) is 0 Å². The summed E-state index contributed by atoms with van der Waals surface area (Å²) in [5.41, 5.74) is 0.612. The van der Waals surface area contributed by atoms with Crippen molar-refractivity contribution in [3.05, 3.63) is 62.6 Å². The van der Waals surface area contributed by atoms with Crippen LogP contribution in [0.5, 0.6) is 0 Å². The van der Waals surface area contributed by atoms with E-state index >= 15 is 0 Å². The normalized spacial score (nSPS) is 16.6. The van der Waals surface area contributed by atoms with Crippen LogP contribution in [0.3, 0.4) is 0 Å². The SMILES string of the molecule is O=C(Nc1cc([N+](=O)[O-])ccc1Cl)C1CC(=O)N(c2ccc(Cl)cc2)C1. The highest BCUT2D eigenvalue weighted by Crippen LogP contribution is 2.30. The molecule has 1 aliphatic rings. The zero-order valence-electron chi connectivity index (χ0n) is 13.3. The number of amides is 2. The smallest absolute Gasteiger partial charge is 0.271 e. The van der Waals surface area contributed by atoms with Gasteiger partial charge in [-0.2, -0.15) is 0 Å². The lowest BCUT2D eigenvalue weighted by Gasteiger charge is -2.17. The molecule has 1 atom stereocenters. The van der Waals surface area contributed by atoms with E-state index < -0.39 is 16.7 Å². The molecule has 9 heteroatoms. The Labute approximate surface area is 158 Å². The van der Waals surface area contributed by atoms with Gasteiger partial charge < -0.3 is 10.2 Å². The average molecular weight is 394 g/mol. The predicted molar refractivity (Wildman–Crippen MR) is 98.6 cm³/mol. The van der Waals surface area contributed by atoms with E-state index in [0.29, 0.717) is 10.7 Å². The Morgan fingerprint density at radius 1 is 1.19 bits per heavy atom. The van der Waals surface area contributed by atoms with Crippen LogP contribution in [0.15, 0.2) is 42.5 Å². The number of hydrogen-bond acceptors (Lipinski definition) is 4. The van der Waals surface area contributed by atoms with E-state index in [2.05, 4.69) is 5.32 Å². The fourth-order valence-corrected chi connectivity index (χ4v) is 3.00. The van der Waals surface area contributed by atoms with Gasteiger partial charge in [0.05, 0.1) is 21.6 Å². The van der Waals surface area contributed by atoms with E-state index in [1.165, 1.54) is 23.1 Å². The minimum absolute atomic E-state index is 0.0427. The number of nitrogens with one attached hydrogen (secondary N) is 1. The van der Waals surface area contributed by atoms with E-state index in [4.69, 9.17) is 23.2 Å². The van der Waals surface area contributed by atoms with Crippen LogP contribution in [-0.2, 0) is 9.59 Å². The Bertz CT molecular complexity index is 886. The van der Waals surface area contributed by atoms with Crippen molar-refractivity contribution in [3.8, 4) is 0 Å². The van der Waals surface area contributed by atoms with E-state index in [0.717, 1.165) is 0 Å². The largest absolute Gasteiger partial charge is 0.324 e. The molecule has 1 aliphatic heterocycles. The van der Waals surface area contributed by atoms with Crippen molar-refractivity contribution in [3.63, 3.8) is 0 Å². The highest BCUT2D eigenvalue weighted by Gasteiger charge is 2.35. The van der Waals surface area contributed by atoms with Gasteiger partial charge in [-0.05, 0) is 30.3 Å². The fraction of sp³-hybridized carbons (Fsp3) is 0.176. The molecule has 2 aromatic carbocycles. The zero-order chi connectivity index (χ0) is 18.8. The number of anilines is 2. The quantitative estimate of drug-likeness (QED) is 0.629. The second-order valence-electron chi connectivity index (χ2n) is 5.79. The molecule has 0 aromatic heterocycles. The van der Waals surface area contributed by atoms with E-state index in [9.17, 15) is 19.7 Å². The first-order chi connectivity index (χ1) is 12.3. The molecule has 7 nitrogen and oxygen atoms in total. The number of rotatable bonds is 4. The Balaban J connectivity index is 1.73. The van der Waals surface area contributed by atoms with E-state index in [1.54, 1.807) is 24.3 Å². The van der Waals surface area contributed by atoms with Crippen LogP contribution in [0.2, 0.25) is 10.0 Å². The first-order valence-corrected chi connectivity index (χ1v) is 8.41. The summed E-state index contributed by atoms with van der Waals surface area (Å²) in [6.07, 6.45) is 0.0427. The van der Waals surface area contributed by atoms with Gasteiger partial charge in [-0.15, -0.1) is 0 Å². The Hall–Kier alpha value is -2.64. The summed E-state index contributed by atoms with van der Waals surface area (Å²) < 4.78 is 0. The first kappa shape index (κ1) is 18.2. The number of nitrogens with zero attached hydrogens (tertiary/aromatic N) is 2. The minimum Gasteiger partial charge on any atom is -0.324 e. The van der Waals surface area contributed by atoms with Gasteiger partial charge >= 0.3 is 0 Å². The molecular weight excluding hydrogens is 381 g/mol. The van der Waals surface area contributed by atoms with Gasteiger partial charge in [0.15, 0.2) is 0 Å². The van der Waals surface area contributed by atoms with E-state index in [1.807, 2.05) is 0 Å². The molecule has 1 fully saturated rings. The summed E-state index contributed by atoms with van der Waals surface area (Å²) in [4.78, 5) is 36.5. The van der Waals surface area contributed by atoms with Gasteiger partial charge in [0.1, 0.15) is 0 Å². The fourth-order valence-electron chi connectivity index (χ4n) is 2.71. The first-order valence-electron chi connectivity index (χ1n) is 7.66. The van der Waals surface area contributed by atoms with Crippen LogP contribution in [0.4, 0.5) is 17.1 Å². The van der Waals surface area contributed by atoms with Crippen molar-refractivity contribution in [1.29, 1.82) is 0 Å². The molecule has 0 spiro atoms. The molecule has 134 valence electrons. The third-order valence-electron chi connectivity index (χ3n) is 4.05. The number of halogens is 2. The third-order valence-corrected chi connectivity index (χ3v) is 4.63. The second-order valence-corrected chi connectivity index (χ2v) is 6.64. The maximum Gasteiger partial charge on any atom is 0.271 e. The van der Waals surface area contributed by atoms with Crippen molar-refractivity contribution < 1.29 is 14.5 Å². The number of benzene rings is 2. The number of nitro benzene ring substituents is 1. The van der Waals surface area contributed by atoms with Crippen molar-refractivity contribution in [1.82, 2.24) is 0 Å². The minimum atomic E-state index is -0.589. The second kappa shape index (κ2) is 7.31. The van der Waals surface area contributed by atoms with Gasteiger partial charge in [0.25, 0.3) is 5.69 Å². The molecule has 1 saturated heterocycles. The van der Waals surface area contributed by atoms with Crippen molar-refractivity contribution >= 4 is 52.1 Å². The number of carbonyl (C=O) groups excluding carboxylic acids is 2. The lowest BCUT2D eigenvalue weighted by Crippen LogP contribution is -2.28. The molecule has 1 N–H and O–H groups in total. The van der Waals surface area contributed by atoms with Crippen molar-refractivity contribution in [2.75, 3.05) is 16.8 Å². The summed E-state index contributed by atoms with van der Waals surface area (Å²) in [5.74, 6) is -1.19. The number of hydrogen-bond donors (Lipinski definition) is 1. The van der Waals surface area contributed by atoms with Crippen LogP contribution in [0.1, 0.15) is 6.42 Å². The lowest BCUT2D eigenvalue weighted by atomic mass is 10.1. The zero-order valence-corrected chi connectivity index (χ0v) is 14.8. The van der Waals surface area contributed by atoms with Crippen LogP contribution in [-0.4, -0.2) is 23.3 Å². The lowest BCUT2D eigenvalue weighted by molar-refractivity contribution is -0.384. The molecule has 0 bridgehead atoms. The molecule has 3 rings (SSSR count). The van der Waals surface area contributed by atoms with Crippen LogP contribution in [0, 0.1) is 16.0 Å². The molecule has 0 saturated carbocycles. The van der Waals surface area contributed by atoms with Crippen molar-refractivity contribution in [2.24, 2.45) is 5.92 Å². The molecule has 1 unspecified atom stereocenters. The maximum absolute atomic E-state index is 12.5. The Morgan fingerprint density at radius 2 is 1.88 bits per heavy atom. The average Bonchev–Trinajstić information content (AvgIpc) is 2.99. The highest BCUT2D eigenvalue weighted by molar-refractivity contribution is 6.33. The van der Waals surface area contributed by atoms with Crippen LogP contribution in [0.25, 0.3) is 0 Å². The highest BCUT2D eigenvalue weighted by atomic mass is 35.5. The molecule has 26 heavy (non-hydrogen) atoms. The molecule has 0 radical (unpaired) electrons. The summed E-state index contributed by atoms with van der Waals surface area (Å²) in [6.45, 7) is 0.207. The summed E-state index contributed by atoms with van der Waals surface area (Å²) in [6, 6.07) is 10.5. The predicted octanol–water partition coefficient (Wildman–Crippen LogP) is 3.89. The van der Waals surface area contributed by atoms with Gasteiger partial charge in [-0.3, -0.25) is 19.7 Å². The molecular formula is C17H13Cl2N3O4. The summed E-state index contributed by atoms with van der Waals surface area (Å²) >= 11 is 11.8.